The number of benzene rings is 2. The van der Waals surface area contributed by atoms with Gasteiger partial charge in [0, 0.05) is 22.7 Å². The zero-order valence-corrected chi connectivity index (χ0v) is 18.9. The highest BCUT2D eigenvalue weighted by Gasteiger charge is 2.37. The third-order valence-electron chi connectivity index (χ3n) is 4.79. The van der Waals surface area contributed by atoms with Gasteiger partial charge in [-0.1, -0.05) is 23.2 Å². The fraction of sp³-hybridized carbons (Fsp3) is 0.227. The third-order valence-corrected chi connectivity index (χ3v) is 5.34. The van der Waals surface area contributed by atoms with Crippen molar-refractivity contribution in [1.82, 2.24) is 10.4 Å². The molecule has 2 N–H and O–H groups in total. The van der Waals surface area contributed by atoms with Crippen molar-refractivity contribution in [3.05, 3.63) is 63.6 Å². The molecule has 1 aliphatic rings. The minimum Gasteiger partial charge on any atom is -0.455 e. The van der Waals surface area contributed by atoms with E-state index in [1.54, 1.807) is 24.3 Å². The van der Waals surface area contributed by atoms with Crippen LogP contribution >= 0.6 is 23.2 Å². The van der Waals surface area contributed by atoms with Gasteiger partial charge in [0.1, 0.15) is 0 Å². The van der Waals surface area contributed by atoms with Crippen molar-refractivity contribution in [1.29, 1.82) is 0 Å². The Morgan fingerprint density at radius 2 is 1.79 bits per heavy atom. The second-order valence-corrected chi connectivity index (χ2v) is 8.10. The molecule has 172 valence electrons. The normalized spacial score (nSPS) is 15.2. The summed E-state index contributed by atoms with van der Waals surface area (Å²) in [6, 6.07) is 10.5. The Kier molecular flexibility index (Phi) is 7.67. The van der Waals surface area contributed by atoms with Crippen LogP contribution in [0.3, 0.4) is 0 Å². The quantitative estimate of drug-likeness (QED) is 0.453. The second-order valence-electron chi connectivity index (χ2n) is 7.26. The Labute approximate surface area is 198 Å². The van der Waals surface area contributed by atoms with Crippen LogP contribution in [0.2, 0.25) is 10.0 Å². The van der Waals surface area contributed by atoms with E-state index in [0.29, 0.717) is 16.3 Å². The van der Waals surface area contributed by atoms with Crippen LogP contribution < -0.4 is 10.7 Å². The summed E-state index contributed by atoms with van der Waals surface area (Å²) < 4.78 is 5.01. The molecule has 2 aromatic carbocycles. The molecular weight excluding hydrogens is 473 g/mol. The van der Waals surface area contributed by atoms with Crippen LogP contribution in [0, 0.1) is 5.92 Å². The number of ether oxygens (including phenoxy) is 1. The maximum absolute atomic E-state index is 12.4. The van der Waals surface area contributed by atoms with Crippen molar-refractivity contribution in [2.75, 3.05) is 18.5 Å². The molecule has 0 radical (unpaired) electrons. The summed E-state index contributed by atoms with van der Waals surface area (Å²) in [5, 5.41) is 4.02. The fourth-order valence-corrected chi connectivity index (χ4v) is 3.56. The molecule has 9 nitrogen and oxygen atoms in total. The molecular formula is C22H19Cl2N3O6. The molecule has 1 saturated heterocycles. The molecule has 3 amide bonds. The van der Waals surface area contributed by atoms with Crippen LogP contribution in [0.15, 0.2) is 42.5 Å². The van der Waals surface area contributed by atoms with Gasteiger partial charge in [0.2, 0.25) is 5.91 Å². The van der Waals surface area contributed by atoms with Crippen LogP contribution in [0.1, 0.15) is 34.1 Å². The lowest BCUT2D eigenvalue weighted by Crippen LogP contribution is -2.43. The van der Waals surface area contributed by atoms with Crippen molar-refractivity contribution < 1.29 is 28.7 Å². The number of carbonyl (C=O) groups excluding carboxylic acids is 5. The van der Waals surface area contributed by atoms with E-state index < -0.39 is 36.2 Å². The number of esters is 1. The lowest BCUT2D eigenvalue weighted by molar-refractivity contribution is -0.151. The van der Waals surface area contributed by atoms with Crippen molar-refractivity contribution in [2.45, 2.75) is 13.3 Å². The first-order valence-electron chi connectivity index (χ1n) is 9.78. The van der Waals surface area contributed by atoms with E-state index in [-0.39, 0.29) is 29.3 Å². The number of nitrogens with zero attached hydrogens (tertiary/aromatic N) is 1. The smallest absolute Gasteiger partial charge is 0.311 e. The topological polar surface area (TPSA) is 122 Å². The van der Waals surface area contributed by atoms with Crippen LogP contribution in [0.25, 0.3) is 0 Å². The predicted octanol–water partition coefficient (Wildman–Crippen LogP) is 2.87. The van der Waals surface area contributed by atoms with Crippen molar-refractivity contribution >= 4 is 58.4 Å². The zero-order chi connectivity index (χ0) is 24.1. The van der Waals surface area contributed by atoms with Gasteiger partial charge >= 0.3 is 5.97 Å². The average molecular weight is 492 g/mol. The molecule has 0 bridgehead atoms. The van der Waals surface area contributed by atoms with Gasteiger partial charge in [0.15, 0.2) is 12.4 Å². The number of Topliss-reactive ketones (excluding diaryl/α,β-unsaturated/α-hetero) is 1. The minimum atomic E-state index is -0.846. The number of hydrogen-bond acceptors (Lipinski definition) is 6. The van der Waals surface area contributed by atoms with E-state index in [1.165, 1.54) is 25.1 Å². The van der Waals surface area contributed by atoms with Gasteiger partial charge in [-0.3, -0.25) is 34.4 Å². The molecule has 2 aromatic rings. The first-order chi connectivity index (χ1) is 15.6. The van der Waals surface area contributed by atoms with E-state index in [2.05, 4.69) is 10.7 Å². The Bertz CT molecular complexity index is 1120. The van der Waals surface area contributed by atoms with Gasteiger partial charge in [-0.05, 0) is 49.4 Å². The molecule has 1 atom stereocenters. The minimum absolute atomic E-state index is 0.102. The molecule has 1 fully saturated rings. The van der Waals surface area contributed by atoms with Gasteiger partial charge in [-0.2, -0.15) is 0 Å². The maximum Gasteiger partial charge on any atom is 0.311 e. The number of rotatable bonds is 7. The Hall–Kier alpha value is -3.43. The largest absolute Gasteiger partial charge is 0.455 e. The van der Waals surface area contributed by atoms with E-state index >= 15 is 0 Å². The third kappa shape index (κ3) is 6.30. The van der Waals surface area contributed by atoms with Crippen molar-refractivity contribution in [2.24, 2.45) is 5.92 Å². The summed E-state index contributed by atoms with van der Waals surface area (Å²) in [5.41, 5.74) is 3.46. The SMILES string of the molecule is CC(=O)c1ccc(NC(=O)COC(=O)[C@@H]2CC(=O)N(NC(=O)c3ccc(Cl)cc3Cl)C2)cc1. The first kappa shape index (κ1) is 24.2. The van der Waals surface area contributed by atoms with E-state index in [4.69, 9.17) is 27.9 Å². The first-order valence-corrected chi connectivity index (χ1v) is 10.5. The number of hydrogen-bond donors (Lipinski definition) is 2. The van der Waals surface area contributed by atoms with Crippen LogP contribution in [-0.4, -0.2) is 47.6 Å². The number of amides is 3. The number of ketones is 1. The van der Waals surface area contributed by atoms with E-state index in [0.717, 1.165) is 5.01 Å². The van der Waals surface area contributed by atoms with Gasteiger partial charge < -0.3 is 10.1 Å². The zero-order valence-electron chi connectivity index (χ0n) is 17.4. The van der Waals surface area contributed by atoms with Crippen LogP contribution in [0.4, 0.5) is 5.69 Å². The summed E-state index contributed by atoms with van der Waals surface area (Å²) in [4.78, 5) is 60.2. The van der Waals surface area contributed by atoms with Crippen LogP contribution in [0.5, 0.6) is 0 Å². The molecule has 0 saturated carbocycles. The monoisotopic (exact) mass is 491 g/mol. The Morgan fingerprint density at radius 1 is 1.09 bits per heavy atom. The Morgan fingerprint density at radius 3 is 2.42 bits per heavy atom. The second kappa shape index (κ2) is 10.5. The molecule has 3 rings (SSSR count). The summed E-state index contributed by atoms with van der Waals surface area (Å²) in [5.74, 6) is -3.38. The average Bonchev–Trinajstić information content (AvgIpc) is 3.12. The fourth-order valence-electron chi connectivity index (χ4n) is 3.07. The van der Waals surface area contributed by atoms with Crippen molar-refractivity contribution in [3.63, 3.8) is 0 Å². The van der Waals surface area contributed by atoms with Gasteiger partial charge in [0.05, 0.1) is 23.0 Å². The molecule has 1 heterocycles. The molecule has 33 heavy (non-hydrogen) atoms. The standard InChI is InChI=1S/C22H19Cl2N3O6/c1-12(28)13-2-5-16(6-3-13)25-19(29)11-33-22(32)14-8-20(30)27(10-14)26-21(31)17-7-4-15(23)9-18(17)24/h2-7,9,14H,8,10-11H2,1H3,(H,25,29)(H,26,31)/t14-/m1/s1. The number of carbonyl (C=O) groups is 5. The molecule has 11 heteroatoms. The Balaban J connectivity index is 1.48. The van der Waals surface area contributed by atoms with Gasteiger partial charge in [-0.25, -0.2) is 0 Å². The number of anilines is 1. The molecule has 0 unspecified atom stereocenters. The lowest BCUT2D eigenvalue weighted by atomic mass is 10.1. The number of hydrazine groups is 1. The van der Waals surface area contributed by atoms with E-state index in [9.17, 15) is 24.0 Å². The van der Waals surface area contributed by atoms with Gasteiger partial charge in [-0.15, -0.1) is 0 Å². The molecule has 0 aromatic heterocycles. The van der Waals surface area contributed by atoms with E-state index in [1.807, 2.05) is 0 Å². The predicted molar refractivity (Wildman–Crippen MR) is 120 cm³/mol. The highest BCUT2D eigenvalue weighted by atomic mass is 35.5. The molecule has 1 aliphatic heterocycles. The summed E-state index contributed by atoms with van der Waals surface area (Å²) in [7, 11) is 0. The summed E-state index contributed by atoms with van der Waals surface area (Å²) >= 11 is 11.8. The van der Waals surface area contributed by atoms with Gasteiger partial charge in [0.25, 0.3) is 11.8 Å². The highest BCUT2D eigenvalue weighted by Crippen LogP contribution is 2.22. The lowest BCUT2D eigenvalue weighted by Gasteiger charge is -2.18. The molecule has 0 aliphatic carbocycles. The summed E-state index contributed by atoms with van der Waals surface area (Å²) in [6.07, 6.45) is -0.179. The van der Waals surface area contributed by atoms with Crippen LogP contribution in [-0.2, 0) is 19.1 Å². The molecule has 0 spiro atoms. The highest BCUT2D eigenvalue weighted by molar-refractivity contribution is 6.36. The maximum atomic E-state index is 12.4. The number of nitrogens with one attached hydrogen (secondary N) is 2. The summed E-state index contributed by atoms with van der Waals surface area (Å²) in [6.45, 7) is 0.771. The van der Waals surface area contributed by atoms with Crippen molar-refractivity contribution in [3.8, 4) is 0 Å². The number of halogens is 2.